The van der Waals surface area contributed by atoms with Gasteiger partial charge in [0.1, 0.15) is 17.2 Å². The second kappa shape index (κ2) is 8.84. The number of benzene rings is 4. The van der Waals surface area contributed by atoms with Gasteiger partial charge in [0.2, 0.25) is 6.23 Å². The first-order valence-electron chi connectivity index (χ1n) is 11.7. The lowest BCUT2D eigenvalue weighted by Crippen LogP contribution is -2.33. The second-order valence-corrected chi connectivity index (χ2v) is 8.71. The molecule has 0 N–H and O–H groups in total. The van der Waals surface area contributed by atoms with Gasteiger partial charge < -0.3 is 14.2 Å². The lowest BCUT2D eigenvalue weighted by molar-refractivity contribution is -0.0190. The largest absolute Gasteiger partial charge is 0.497 e. The van der Waals surface area contributed by atoms with Crippen molar-refractivity contribution in [3.63, 3.8) is 0 Å². The van der Waals surface area contributed by atoms with Crippen molar-refractivity contribution in [1.82, 2.24) is 5.01 Å². The van der Waals surface area contributed by atoms with E-state index < -0.39 is 0 Å². The summed E-state index contributed by atoms with van der Waals surface area (Å²) in [6.07, 6.45) is 0.447. The molecule has 0 spiro atoms. The minimum Gasteiger partial charge on any atom is -0.497 e. The van der Waals surface area contributed by atoms with Crippen LogP contribution in [0.1, 0.15) is 35.4 Å². The van der Waals surface area contributed by atoms with Gasteiger partial charge in [0.15, 0.2) is 0 Å². The number of para-hydroxylation sites is 1. The average molecular weight is 463 g/mol. The molecular weight excluding hydrogens is 436 g/mol. The van der Waals surface area contributed by atoms with E-state index in [2.05, 4.69) is 65.7 Å². The SMILES string of the molecule is COc1ccc(C2=NN3[C@H](C2)c2ccccc2O[C@@H]3c2ccc(-c3ccccc3)cc2)c(OC)c1. The Labute approximate surface area is 205 Å². The quantitative estimate of drug-likeness (QED) is 0.335. The van der Waals surface area contributed by atoms with Crippen LogP contribution in [0.3, 0.4) is 0 Å². The highest BCUT2D eigenvalue weighted by molar-refractivity contribution is 6.04. The smallest absolute Gasteiger partial charge is 0.213 e. The Morgan fingerprint density at radius 2 is 1.54 bits per heavy atom. The summed E-state index contributed by atoms with van der Waals surface area (Å²) in [6, 6.07) is 33.2. The van der Waals surface area contributed by atoms with E-state index in [9.17, 15) is 0 Å². The fourth-order valence-electron chi connectivity index (χ4n) is 4.92. The number of rotatable bonds is 5. The average Bonchev–Trinajstić information content (AvgIpc) is 3.38. The summed E-state index contributed by atoms with van der Waals surface area (Å²) < 4.78 is 17.6. The summed E-state index contributed by atoms with van der Waals surface area (Å²) >= 11 is 0. The number of ether oxygens (including phenoxy) is 3. The lowest BCUT2D eigenvalue weighted by Gasteiger charge is -2.38. The van der Waals surface area contributed by atoms with Crippen LogP contribution in [0, 0.1) is 0 Å². The third kappa shape index (κ3) is 3.79. The third-order valence-electron chi connectivity index (χ3n) is 6.72. The molecule has 0 saturated carbocycles. The Bertz CT molecular complexity index is 1380. The van der Waals surface area contributed by atoms with Crippen molar-refractivity contribution < 1.29 is 14.2 Å². The molecule has 2 aliphatic rings. The van der Waals surface area contributed by atoms with Crippen molar-refractivity contribution in [1.29, 1.82) is 0 Å². The normalized spacial score (nSPS) is 18.2. The minimum absolute atomic E-state index is 0.0838. The van der Waals surface area contributed by atoms with Gasteiger partial charge in [-0.2, -0.15) is 5.10 Å². The minimum atomic E-state index is -0.318. The highest BCUT2D eigenvalue weighted by Gasteiger charge is 2.41. The third-order valence-corrected chi connectivity index (χ3v) is 6.72. The maximum Gasteiger partial charge on any atom is 0.213 e. The van der Waals surface area contributed by atoms with E-state index >= 15 is 0 Å². The van der Waals surface area contributed by atoms with Crippen molar-refractivity contribution in [2.75, 3.05) is 14.2 Å². The summed E-state index contributed by atoms with van der Waals surface area (Å²) in [7, 11) is 3.33. The number of nitrogens with zero attached hydrogens (tertiary/aromatic N) is 2. The van der Waals surface area contributed by atoms with Crippen molar-refractivity contribution in [2.45, 2.75) is 18.7 Å². The van der Waals surface area contributed by atoms with Gasteiger partial charge in [-0.3, -0.25) is 0 Å². The maximum atomic E-state index is 6.52. The van der Waals surface area contributed by atoms with Crippen LogP contribution < -0.4 is 14.2 Å². The molecule has 5 nitrogen and oxygen atoms in total. The fraction of sp³-hybridized carbons (Fsp3) is 0.167. The monoisotopic (exact) mass is 462 g/mol. The zero-order chi connectivity index (χ0) is 23.8. The molecule has 2 heterocycles. The van der Waals surface area contributed by atoms with E-state index in [-0.39, 0.29) is 12.3 Å². The highest BCUT2D eigenvalue weighted by Crippen LogP contribution is 2.48. The molecule has 0 aromatic heterocycles. The van der Waals surface area contributed by atoms with Crippen LogP contribution in [0.2, 0.25) is 0 Å². The summed E-state index contributed by atoms with van der Waals surface area (Å²) in [6.45, 7) is 0. The number of fused-ring (bicyclic) bond motifs is 3. The van der Waals surface area contributed by atoms with Crippen LogP contribution in [-0.4, -0.2) is 24.9 Å². The maximum absolute atomic E-state index is 6.52. The molecule has 35 heavy (non-hydrogen) atoms. The molecule has 0 amide bonds. The fourth-order valence-corrected chi connectivity index (χ4v) is 4.92. The van der Waals surface area contributed by atoms with Crippen molar-refractivity contribution in [3.8, 4) is 28.4 Å². The molecule has 5 heteroatoms. The zero-order valence-corrected chi connectivity index (χ0v) is 19.7. The topological polar surface area (TPSA) is 43.3 Å². The van der Waals surface area contributed by atoms with E-state index in [1.807, 2.05) is 36.4 Å². The molecule has 0 unspecified atom stereocenters. The van der Waals surface area contributed by atoms with E-state index in [0.29, 0.717) is 0 Å². The Hall–Kier alpha value is -4.25. The molecule has 0 fully saturated rings. The zero-order valence-electron chi connectivity index (χ0n) is 19.7. The van der Waals surface area contributed by atoms with Gasteiger partial charge in [0.25, 0.3) is 0 Å². The standard InChI is InChI=1S/C30H26N2O3/c1-33-23-16-17-24(29(18-23)34-2)26-19-27-25-10-6-7-11-28(25)35-30(32(27)31-26)22-14-12-21(13-15-22)20-8-4-3-5-9-20/h3-18,27,30H,19H2,1-2H3/t27-,30-/m1/s1. The number of hydrogen-bond acceptors (Lipinski definition) is 5. The van der Waals surface area contributed by atoms with E-state index in [1.165, 1.54) is 11.1 Å². The van der Waals surface area contributed by atoms with Gasteiger partial charge in [0.05, 0.1) is 26.0 Å². The molecule has 2 atom stereocenters. The van der Waals surface area contributed by atoms with E-state index in [0.717, 1.165) is 46.1 Å². The van der Waals surface area contributed by atoms with Crippen LogP contribution in [-0.2, 0) is 0 Å². The Kier molecular flexibility index (Phi) is 5.38. The molecule has 4 aromatic carbocycles. The second-order valence-electron chi connectivity index (χ2n) is 8.71. The summed E-state index contributed by atoms with van der Waals surface area (Å²) in [5.41, 5.74) is 6.53. The lowest BCUT2D eigenvalue weighted by atomic mass is 9.95. The highest BCUT2D eigenvalue weighted by atomic mass is 16.5. The van der Waals surface area contributed by atoms with Gasteiger partial charge >= 0.3 is 0 Å². The molecule has 0 bridgehead atoms. The number of hydrazone groups is 1. The van der Waals surface area contributed by atoms with Crippen molar-refractivity contribution in [3.05, 3.63) is 114 Å². The Balaban J connectivity index is 1.39. The molecule has 2 aliphatic heterocycles. The van der Waals surface area contributed by atoms with Crippen LogP contribution in [0.25, 0.3) is 11.1 Å². The number of methoxy groups -OCH3 is 2. The van der Waals surface area contributed by atoms with Crippen LogP contribution >= 0.6 is 0 Å². The molecule has 6 rings (SSSR count). The molecule has 174 valence electrons. The van der Waals surface area contributed by atoms with Crippen LogP contribution in [0.4, 0.5) is 0 Å². The summed E-state index contributed by atoms with van der Waals surface area (Å²) in [4.78, 5) is 0. The van der Waals surface area contributed by atoms with Gasteiger partial charge in [-0.15, -0.1) is 0 Å². The molecule has 0 radical (unpaired) electrons. The van der Waals surface area contributed by atoms with Gasteiger partial charge in [-0.05, 0) is 29.3 Å². The molecule has 0 aliphatic carbocycles. The Morgan fingerprint density at radius 3 is 2.31 bits per heavy atom. The van der Waals surface area contributed by atoms with Gasteiger partial charge in [-0.1, -0.05) is 72.8 Å². The van der Waals surface area contributed by atoms with Crippen molar-refractivity contribution >= 4 is 5.71 Å². The van der Waals surface area contributed by atoms with E-state index in [1.54, 1.807) is 14.2 Å². The first-order valence-corrected chi connectivity index (χ1v) is 11.7. The predicted octanol–water partition coefficient (Wildman–Crippen LogP) is 6.61. The summed E-state index contributed by atoms with van der Waals surface area (Å²) in [5, 5.41) is 7.18. The Morgan fingerprint density at radius 1 is 0.800 bits per heavy atom. The number of hydrogen-bond donors (Lipinski definition) is 0. The molecule has 4 aromatic rings. The first kappa shape index (κ1) is 21.3. The molecular formula is C30H26N2O3. The van der Waals surface area contributed by atoms with Gasteiger partial charge in [-0.25, -0.2) is 5.01 Å². The van der Waals surface area contributed by atoms with Crippen LogP contribution in [0.5, 0.6) is 17.2 Å². The molecule has 0 saturated heterocycles. The van der Waals surface area contributed by atoms with E-state index in [4.69, 9.17) is 19.3 Å². The van der Waals surface area contributed by atoms with Gasteiger partial charge in [0, 0.05) is 29.2 Å². The first-order chi connectivity index (χ1) is 17.2. The van der Waals surface area contributed by atoms with Crippen molar-refractivity contribution in [2.24, 2.45) is 5.10 Å². The predicted molar refractivity (Wildman–Crippen MR) is 137 cm³/mol. The van der Waals surface area contributed by atoms with Crippen LogP contribution in [0.15, 0.2) is 102 Å². The summed E-state index contributed by atoms with van der Waals surface area (Å²) in [5.74, 6) is 2.41.